The summed E-state index contributed by atoms with van der Waals surface area (Å²) in [6, 6.07) is 5.04. The van der Waals surface area contributed by atoms with E-state index >= 15 is 0 Å². The maximum absolute atomic E-state index is 8.00. The smallest absolute Gasteiger partial charge is 0.0880 e. The van der Waals surface area contributed by atoms with Crippen LogP contribution in [0.25, 0.3) is 10.4 Å². The SMILES string of the molecule is [N-]=[N+]=NCC#Cc1cc(N)cc(Cl)c1. The molecule has 0 aromatic heterocycles. The Bertz CT molecular complexity index is 418. The number of nitrogens with zero attached hydrogens (tertiary/aromatic N) is 3. The second-order valence-electron chi connectivity index (χ2n) is 2.46. The summed E-state index contributed by atoms with van der Waals surface area (Å²) in [6.45, 7) is 0.142. The van der Waals surface area contributed by atoms with Gasteiger partial charge in [-0.3, -0.25) is 0 Å². The Balaban J connectivity index is 2.84. The van der Waals surface area contributed by atoms with Gasteiger partial charge in [-0.25, -0.2) is 0 Å². The lowest BCUT2D eigenvalue weighted by molar-refractivity contribution is 1.25. The number of nitrogen functional groups attached to an aromatic ring is 1. The third kappa shape index (κ3) is 3.28. The van der Waals surface area contributed by atoms with E-state index in [1.54, 1.807) is 18.2 Å². The Hall–Kier alpha value is -1.82. The Kier molecular flexibility index (Phi) is 3.69. The van der Waals surface area contributed by atoms with Gasteiger partial charge in [0.2, 0.25) is 0 Å². The van der Waals surface area contributed by atoms with Gasteiger partial charge >= 0.3 is 0 Å². The van der Waals surface area contributed by atoms with E-state index in [1.807, 2.05) is 0 Å². The molecule has 70 valence electrons. The third-order valence-electron chi connectivity index (χ3n) is 1.37. The first-order chi connectivity index (χ1) is 6.72. The molecule has 0 fully saturated rings. The molecule has 0 saturated heterocycles. The molecule has 0 unspecified atom stereocenters. The van der Waals surface area contributed by atoms with E-state index in [0.717, 1.165) is 0 Å². The minimum atomic E-state index is 0.142. The maximum atomic E-state index is 8.00. The molecule has 1 aromatic rings. The van der Waals surface area contributed by atoms with Crippen LogP contribution >= 0.6 is 11.6 Å². The van der Waals surface area contributed by atoms with Crippen LogP contribution in [0.2, 0.25) is 5.02 Å². The fourth-order valence-corrected chi connectivity index (χ4v) is 1.14. The molecule has 0 aliphatic heterocycles. The monoisotopic (exact) mass is 206 g/mol. The van der Waals surface area contributed by atoms with Crippen LogP contribution < -0.4 is 5.73 Å². The quantitative estimate of drug-likeness (QED) is 0.248. The van der Waals surface area contributed by atoms with E-state index in [4.69, 9.17) is 22.9 Å². The van der Waals surface area contributed by atoms with Crippen LogP contribution in [0.3, 0.4) is 0 Å². The van der Waals surface area contributed by atoms with Crippen LogP contribution in [0.4, 0.5) is 5.69 Å². The van der Waals surface area contributed by atoms with Crippen LogP contribution in [-0.2, 0) is 0 Å². The average molecular weight is 207 g/mol. The molecule has 0 amide bonds. The van der Waals surface area contributed by atoms with E-state index in [-0.39, 0.29) is 6.54 Å². The number of halogens is 1. The van der Waals surface area contributed by atoms with Crippen molar-refractivity contribution in [1.82, 2.24) is 0 Å². The minimum absolute atomic E-state index is 0.142. The van der Waals surface area contributed by atoms with Gasteiger partial charge in [-0.15, -0.1) is 0 Å². The van der Waals surface area contributed by atoms with Crippen molar-refractivity contribution in [3.63, 3.8) is 0 Å². The van der Waals surface area contributed by atoms with Crippen LogP contribution in [0.15, 0.2) is 23.3 Å². The summed E-state index contributed by atoms with van der Waals surface area (Å²) in [4.78, 5) is 2.57. The van der Waals surface area contributed by atoms with E-state index in [9.17, 15) is 0 Å². The number of rotatable bonds is 1. The van der Waals surface area contributed by atoms with E-state index in [0.29, 0.717) is 16.3 Å². The first-order valence-corrected chi connectivity index (χ1v) is 4.16. The summed E-state index contributed by atoms with van der Waals surface area (Å²) in [5, 5.41) is 3.81. The van der Waals surface area contributed by atoms with Gasteiger partial charge in [-0.2, -0.15) is 0 Å². The molecule has 14 heavy (non-hydrogen) atoms. The lowest BCUT2D eigenvalue weighted by Gasteiger charge is -1.95. The molecule has 0 atom stereocenters. The molecule has 1 aromatic carbocycles. The molecule has 0 heterocycles. The number of hydrogen-bond acceptors (Lipinski definition) is 2. The van der Waals surface area contributed by atoms with Crippen molar-refractivity contribution in [2.45, 2.75) is 0 Å². The lowest BCUT2D eigenvalue weighted by Crippen LogP contribution is -1.85. The largest absolute Gasteiger partial charge is 0.399 e. The molecule has 5 heteroatoms. The van der Waals surface area contributed by atoms with E-state index in [2.05, 4.69) is 21.9 Å². The number of azide groups is 1. The third-order valence-corrected chi connectivity index (χ3v) is 1.58. The Morgan fingerprint density at radius 2 is 2.29 bits per heavy atom. The molecule has 4 nitrogen and oxygen atoms in total. The molecule has 0 spiro atoms. The molecular weight excluding hydrogens is 200 g/mol. The molecule has 2 N–H and O–H groups in total. The highest BCUT2D eigenvalue weighted by Gasteiger charge is 1.92. The van der Waals surface area contributed by atoms with Crippen molar-refractivity contribution in [3.8, 4) is 11.8 Å². The van der Waals surface area contributed by atoms with E-state index < -0.39 is 0 Å². The summed E-state index contributed by atoms with van der Waals surface area (Å²) >= 11 is 5.76. The Morgan fingerprint density at radius 3 is 2.93 bits per heavy atom. The highest BCUT2D eigenvalue weighted by Crippen LogP contribution is 2.15. The maximum Gasteiger partial charge on any atom is 0.0880 e. The molecular formula is C9H7ClN4. The zero-order valence-corrected chi connectivity index (χ0v) is 7.99. The van der Waals surface area contributed by atoms with Gasteiger partial charge in [0.1, 0.15) is 0 Å². The van der Waals surface area contributed by atoms with Gasteiger partial charge in [0.15, 0.2) is 0 Å². The zero-order chi connectivity index (χ0) is 10.4. The average Bonchev–Trinajstić information content (AvgIpc) is 2.11. The van der Waals surface area contributed by atoms with Gasteiger partial charge < -0.3 is 5.73 Å². The van der Waals surface area contributed by atoms with Gasteiger partial charge in [0.05, 0.1) is 6.54 Å². The van der Waals surface area contributed by atoms with Crippen molar-refractivity contribution in [2.75, 3.05) is 12.3 Å². The number of hydrogen-bond donors (Lipinski definition) is 1. The Labute approximate surface area is 86.3 Å². The molecule has 0 bridgehead atoms. The summed E-state index contributed by atoms with van der Waals surface area (Å²) < 4.78 is 0. The van der Waals surface area contributed by atoms with Crippen LogP contribution in [-0.4, -0.2) is 6.54 Å². The molecule has 0 saturated carbocycles. The number of anilines is 1. The minimum Gasteiger partial charge on any atom is -0.399 e. The molecule has 0 aliphatic carbocycles. The fourth-order valence-electron chi connectivity index (χ4n) is 0.893. The van der Waals surface area contributed by atoms with Crippen LogP contribution in [0.5, 0.6) is 0 Å². The zero-order valence-electron chi connectivity index (χ0n) is 7.24. The van der Waals surface area contributed by atoms with Crippen LogP contribution in [0.1, 0.15) is 5.56 Å². The van der Waals surface area contributed by atoms with Gasteiger partial charge in [-0.05, 0) is 23.7 Å². The van der Waals surface area contributed by atoms with Crippen LogP contribution in [0, 0.1) is 11.8 Å². The standard InChI is InChI=1S/C9H7ClN4/c10-8-4-7(5-9(11)6-8)2-1-3-13-14-12/h4-6H,3,11H2. The highest BCUT2D eigenvalue weighted by atomic mass is 35.5. The summed E-state index contributed by atoms with van der Waals surface area (Å²) in [5.74, 6) is 5.45. The number of nitrogens with two attached hydrogens (primary N) is 1. The fraction of sp³-hybridized carbons (Fsp3) is 0.111. The van der Waals surface area contributed by atoms with Gasteiger partial charge in [0.25, 0.3) is 0 Å². The van der Waals surface area contributed by atoms with Crippen molar-refractivity contribution in [2.24, 2.45) is 5.11 Å². The predicted molar refractivity (Wildman–Crippen MR) is 56.8 cm³/mol. The number of benzene rings is 1. The summed E-state index contributed by atoms with van der Waals surface area (Å²) in [6.07, 6.45) is 0. The first kappa shape index (κ1) is 10.3. The lowest BCUT2D eigenvalue weighted by atomic mass is 10.2. The second-order valence-corrected chi connectivity index (χ2v) is 2.90. The highest BCUT2D eigenvalue weighted by molar-refractivity contribution is 6.30. The summed E-state index contributed by atoms with van der Waals surface area (Å²) in [7, 11) is 0. The topological polar surface area (TPSA) is 74.8 Å². The molecule has 0 aliphatic rings. The molecule has 0 radical (unpaired) electrons. The Morgan fingerprint density at radius 1 is 1.50 bits per heavy atom. The van der Waals surface area contributed by atoms with Crippen molar-refractivity contribution < 1.29 is 0 Å². The van der Waals surface area contributed by atoms with E-state index in [1.165, 1.54) is 0 Å². The van der Waals surface area contributed by atoms with Crippen molar-refractivity contribution in [3.05, 3.63) is 39.2 Å². The van der Waals surface area contributed by atoms with Gasteiger partial charge in [-0.1, -0.05) is 28.6 Å². The normalized spacial score (nSPS) is 8.36. The first-order valence-electron chi connectivity index (χ1n) is 3.78. The predicted octanol–water partition coefficient (Wildman–Crippen LogP) is 2.58. The molecule has 1 rings (SSSR count). The van der Waals surface area contributed by atoms with Gasteiger partial charge in [0, 0.05) is 21.2 Å². The van der Waals surface area contributed by atoms with Crippen molar-refractivity contribution in [1.29, 1.82) is 0 Å². The van der Waals surface area contributed by atoms with Crippen molar-refractivity contribution >= 4 is 17.3 Å². The summed E-state index contributed by atoms with van der Waals surface area (Å²) in [5.41, 5.74) is 14.8. The second kappa shape index (κ2) is 5.03.